The monoisotopic (exact) mass is 1420 g/mol. The van der Waals surface area contributed by atoms with Crippen LogP contribution in [0.15, 0.2) is 35.7 Å². The first-order valence-corrected chi connectivity index (χ1v) is 35.2. The molecule has 0 heterocycles. The molecule has 2 rings (SSSR count). The molecule has 4 atom stereocenters. The Morgan fingerprint density at radius 2 is 1.07 bits per heavy atom. The number of nitrogens with one attached hydrogen (secondary N) is 9. The first-order valence-electron chi connectivity index (χ1n) is 33.6. The van der Waals surface area contributed by atoms with Crippen LogP contribution in [0, 0.1) is 5.92 Å². The second kappa shape index (κ2) is 55.1. The number of urea groups is 1. The molecule has 0 aromatic heterocycles. The predicted molar refractivity (Wildman–Crippen MR) is 360 cm³/mol. The number of ether oxygens (including phenoxy) is 10. The Kier molecular flexibility index (Phi) is 49.1. The molecule has 0 bridgehead atoms. The Bertz CT molecular complexity index is 2610. The number of benzene rings is 1. The zero-order chi connectivity index (χ0) is 72.0. The van der Waals surface area contributed by atoms with E-state index in [-0.39, 0.29) is 128 Å². The predicted octanol–water partition coefficient (Wildman–Crippen LogP) is 0.128. The van der Waals surface area contributed by atoms with Crippen LogP contribution in [0.3, 0.4) is 0 Å². The Balaban J connectivity index is 1.91. The van der Waals surface area contributed by atoms with E-state index in [0.717, 1.165) is 30.5 Å². The molecule has 0 saturated carbocycles. The molecule has 560 valence electrons. The van der Waals surface area contributed by atoms with Crippen LogP contribution in [0.1, 0.15) is 116 Å². The van der Waals surface area contributed by atoms with Gasteiger partial charge in [-0.2, -0.15) is 8.42 Å². The summed E-state index contributed by atoms with van der Waals surface area (Å²) in [5, 5.41) is 25.0. The number of hydrogen-bond donors (Lipinski definition) is 12. The van der Waals surface area contributed by atoms with Crippen molar-refractivity contribution in [1.29, 1.82) is 0 Å². The van der Waals surface area contributed by atoms with Gasteiger partial charge in [-0.25, -0.2) is 4.79 Å². The summed E-state index contributed by atoms with van der Waals surface area (Å²) in [7, 11) is -2.57. The van der Waals surface area contributed by atoms with E-state index in [0.29, 0.717) is 123 Å². The van der Waals surface area contributed by atoms with Crippen LogP contribution in [0.2, 0.25) is 0 Å². The van der Waals surface area contributed by atoms with Crippen LogP contribution in [0.4, 0.5) is 10.5 Å². The molecule has 33 nitrogen and oxygen atoms in total. The van der Waals surface area contributed by atoms with E-state index in [1.165, 1.54) is 6.92 Å². The van der Waals surface area contributed by atoms with Crippen LogP contribution in [0.25, 0.3) is 0 Å². The van der Waals surface area contributed by atoms with Gasteiger partial charge in [-0.1, -0.05) is 38.8 Å². The van der Waals surface area contributed by atoms with Crippen molar-refractivity contribution in [2.45, 2.75) is 141 Å². The lowest BCUT2D eigenvalue weighted by Gasteiger charge is -2.27. The topological polar surface area (TPSA) is 461 Å². The number of methoxy groups -OCH3 is 1. The lowest BCUT2D eigenvalue weighted by atomic mass is 9.99. The SMILES string of the molecule is COCc1ccc(NC(=O)[C@H](CCCNC(N)=O)NC(=O)[C@@H](NC(=O)[C@@H](CCCCNC(=O)COC2CCCCCC(NCCOCCOCCOCCOCCC(=O)NCCS(=O)(=O)O)=C2N)NC(=O)CCOCCOCCOCCOCCNC(=O)CCC(C)=O)C(C)C)cc1. The minimum Gasteiger partial charge on any atom is -0.399 e. The van der Waals surface area contributed by atoms with Gasteiger partial charge in [0.2, 0.25) is 41.4 Å². The first-order chi connectivity index (χ1) is 47.1. The number of carbonyl (C=O) groups is 9. The van der Waals surface area contributed by atoms with Gasteiger partial charge in [-0.05, 0) is 81.9 Å². The van der Waals surface area contributed by atoms with E-state index in [2.05, 4.69) is 47.9 Å². The number of nitrogens with two attached hydrogens (primary N) is 2. The number of amides is 9. The number of rotatable bonds is 59. The third-order valence-electron chi connectivity index (χ3n) is 14.5. The number of primary amides is 1. The minimum atomic E-state index is -4.14. The van der Waals surface area contributed by atoms with Gasteiger partial charge in [0, 0.05) is 76.9 Å². The summed E-state index contributed by atoms with van der Waals surface area (Å²) in [6.07, 6.45) is 5.08. The molecule has 0 aliphatic heterocycles. The lowest BCUT2D eigenvalue weighted by Crippen LogP contribution is -2.57. The summed E-state index contributed by atoms with van der Waals surface area (Å²) in [5.41, 5.74) is 14.6. The molecule has 1 aliphatic rings. The molecule has 14 N–H and O–H groups in total. The van der Waals surface area contributed by atoms with Crippen molar-refractivity contribution in [2.24, 2.45) is 17.4 Å². The van der Waals surface area contributed by atoms with Gasteiger partial charge < -0.3 is 111 Å². The van der Waals surface area contributed by atoms with E-state index in [1.54, 1.807) is 45.2 Å². The minimum absolute atomic E-state index is 0.00610. The quantitative estimate of drug-likeness (QED) is 0.0305. The van der Waals surface area contributed by atoms with Crippen molar-refractivity contribution in [1.82, 2.24) is 42.5 Å². The zero-order valence-electron chi connectivity index (χ0n) is 57.6. The number of unbranched alkanes of at least 4 members (excludes halogenated alkanes) is 1. The van der Waals surface area contributed by atoms with Gasteiger partial charge in [-0.3, -0.25) is 38.1 Å². The maximum atomic E-state index is 14.2. The largest absolute Gasteiger partial charge is 0.399 e. The molecule has 1 unspecified atom stereocenters. The van der Waals surface area contributed by atoms with Crippen LogP contribution in [0.5, 0.6) is 0 Å². The summed E-state index contributed by atoms with van der Waals surface area (Å²) in [6, 6.07) is 2.83. The Morgan fingerprint density at radius 3 is 1.64 bits per heavy atom. The highest BCUT2D eigenvalue weighted by atomic mass is 32.2. The van der Waals surface area contributed by atoms with Crippen LogP contribution in [-0.2, 0) is 102 Å². The molecular formula is C64H111N11O22S. The van der Waals surface area contributed by atoms with E-state index in [9.17, 15) is 51.6 Å². The number of ketones is 1. The third kappa shape index (κ3) is 46.6. The molecule has 0 spiro atoms. The van der Waals surface area contributed by atoms with Gasteiger partial charge in [0.1, 0.15) is 30.5 Å². The van der Waals surface area contributed by atoms with E-state index >= 15 is 0 Å². The van der Waals surface area contributed by atoms with Gasteiger partial charge in [0.25, 0.3) is 10.1 Å². The second-order valence-corrected chi connectivity index (χ2v) is 24.7. The molecule has 0 radical (unpaired) electrons. The van der Waals surface area contributed by atoms with Crippen LogP contribution >= 0.6 is 0 Å². The Morgan fingerprint density at radius 1 is 0.551 bits per heavy atom. The molecular weight excluding hydrogens is 1310 g/mol. The molecule has 98 heavy (non-hydrogen) atoms. The summed E-state index contributed by atoms with van der Waals surface area (Å²) in [6.45, 7) is 10.3. The zero-order valence-corrected chi connectivity index (χ0v) is 58.5. The molecule has 0 saturated heterocycles. The fraction of sp³-hybridized carbons (Fsp3) is 0.734. The molecule has 1 aromatic carbocycles. The Hall–Kier alpha value is -6.70. The average molecular weight is 1420 g/mol. The van der Waals surface area contributed by atoms with Crippen molar-refractivity contribution in [2.75, 3.05) is 163 Å². The number of anilines is 1. The Labute approximate surface area is 576 Å². The van der Waals surface area contributed by atoms with Crippen molar-refractivity contribution in [3.05, 3.63) is 41.2 Å². The van der Waals surface area contributed by atoms with Gasteiger partial charge in [0.15, 0.2) is 0 Å². The third-order valence-corrected chi connectivity index (χ3v) is 15.2. The van der Waals surface area contributed by atoms with Crippen molar-refractivity contribution in [3.8, 4) is 0 Å². The smallest absolute Gasteiger partial charge is 0.312 e. The maximum absolute atomic E-state index is 14.2. The van der Waals surface area contributed by atoms with E-state index in [4.69, 9.17) is 63.4 Å². The number of allylic oxidation sites excluding steroid dienone is 1. The highest BCUT2D eigenvalue weighted by Gasteiger charge is 2.32. The normalized spacial score (nSPS) is 14.2. The number of carbonyl (C=O) groups excluding carboxylic acids is 9. The fourth-order valence-electron chi connectivity index (χ4n) is 9.22. The summed E-state index contributed by atoms with van der Waals surface area (Å²) >= 11 is 0. The van der Waals surface area contributed by atoms with Gasteiger partial charge >= 0.3 is 6.03 Å². The molecule has 1 aliphatic carbocycles. The maximum Gasteiger partial charge on any atom is 0.312 e. The summed E-state index contributed by atoms with van der Waals surface area (Å²) in [4.78, 5) is 114. The molecule has 0 fully saturated rings. The second-order valence-electron chi connectivity index (χ2n) is 23.2. The van der Waals surface area contributed by atoms with E-state index in [1.807, 2.05) is 0 Å². The van der Waals surface area contributed by atoms with Gasteiger partial charge in [0.05, 0.1) is 130 Å². The highest BCUT2D eigenvalue weighted by molar-refractivity contribution is 7.85. The first kappa shape index (κ1) is 87.4. The van der Waals surface area contributed by atoms with Gasteiger partial charge in [-0.15, -0.1) is 0 Å². The summed E-state index contributed by atoms with van der Waals surface area (Å²) in [5.74, 6) is -4.42. The number of hydrogen-bond acceptors (Lipinski definition) is 23. The van der Waals surface area contributed by atoms with Crippen LogP contribution < -0.4 is 59.3 Å². The molecule has 1 aromatic rings. The molecule has 34 heteroatoms. The average Bonchev–Trinajstić information content (AvgIpc) is 0.911. The summed E-state index contributed by atoms with van der Waals surface area (Å²) < 4.78 is 85.6. The fourth-order valence-corrected chi connectivity index (χ4v) is 9.58. The van der Waals surface area contributed by atoms with Crippen molar-refractivity contribution in [3.63, 3.8) is 0 Å². The van der Waals surface area contributed by atoms with Crippen LogP contribution in [-0.4, -0.2) is 248 Å². The highest BCUT2D eigenvalue weighted by Crippen LogP contribution is 2.22. The molecule has 9 amide bonds. The number of Topliss-reactive ketones (excluding diaryl/α,β-unsaturated/α-hetero) is 1. The van der Waals surface area contributed by atoms with E-state index < -0.39 is 81.6 Å². The lowest BCUT2D eigenvalue weighted by molar-refractivity contribution is -0.134. The van der Waals surface area contributed by atoms with Crippen molar-refractivity contribution >= 4 is 69.0 Å². The standard InChI is InChI=1S/C64H111N11O22S/c1-47(2)60(63(83)74-53(13-10-24-71-64(66)84)61(81)72-50-18-16-49(17-19-50)45-88-4)75-62(82)52(73-57(79)22-29-90-33-37-94-41-43-96-39-35-92-31-26-69-55(77)20-15-48(3)76)12-8-9-23-68-58(80)46-97-54-14-7-5-6-11-51(59(54)65)67-25-30-91-34-38-95-42-40-93-36-32-89-28-21-56(78)70-27-44-98(85,86)87/h16-19,47,52-54,60,67H,5-15,20-46,65H2,1-4H3,(H,68,80)(H,69,77)(H,70,78)(H,72,81)(H,73,79)(H,74,83)(H,75,82)(H3,66,71,84)(H,85,86,87)/t52-,53+,54?,60+/m1/s1. The van der Waals surface area contributed by atoms with Crippen molar-refractivity contribution < 1.29 is 103 Å².